The highest BCUT2D eigenvalue weighted by atomic mass is 19.4. The van der Waals surface area contributed by atoms with E-state index in [1.54, 1.807) is 12.1 Å². The number of nitrogens with zero attached hydrogens (tertiary/aromatic N) is 3. The number of pyridine rings is 1. The van der Waals surface area contributed by atoms with Crippen molar-refractivity contribution in [3.05, 3.63) is 59.0 Å². The number of benzene rings is 2. The van der Waals surface area contributed by atoms with Crippen molar-refractivity contribution in [2.75, 3.05) is 31.2 Å². The first-order valence-corrected chi connectivity index (χ1v) is 9.90. The molecule has 4 aromatic rings. The molecule has 0 aliphatic carbocycles. The number of hydrogen-bond donors (Lipinski definition) is 1. The van der Waals surface area contributed by atoms with Gasteiger partial charge >= 0.3 is 6.18 Å². The first-order valence-electron chi connectivity index (χ1n) is 9.90. The van der Waals surface area contributed by atoms with E-state index in [4.69, 9.17) is 4.74 Å². The molecule has 5 rings (SSSR count). The van der Waals surface area contributed by atoms with Crippen molar-refractivity contribution < 1.29 is 17.9 Å². The minimum absolute atomic E-state index is 0.138. The van der Waals surface area contributed by atoms with Gasteiger partial charge in [0, 0.05) is 24.2 Å². The van der Waals surface area contributed by atoms with Crippen LogP contribution in [0.3, 0.4) is 0 Å². The summed E-state index contributed by atoms with van der Waals surface area (Å²) in [4.78, 5) is 15.0. The molecular weight excluding hydrogens is 409 g/mol. The van der Waals surface area contributed by atoms with E-state index in [2.05, 4.69) is 15.1 Å². The Morgan fingerprint density at radius 1 is 1.00 bits per heavy atom. The van der Waals surface area contributed by atoms with Crippen molar-refractivity contribution in [2.24, 2.45) is 0 Å². The Hall–Kier alpha value is -3.33. The van der Waals surface area contributed by atoms with Gasteiger partial charge in [0.2, 0.25) is 0 Å². The standard InChI is InChI=1S/C22H19F3N4O2/c23-22(24,25)13-29-19-11-15(3-6-17(19)20-18(21(29)30)12-26-27-20)14-1-4-16(5-2-14)28-7-9-31-10-8-28/h1-6,11-12H,7-10,13H2,(H,26,27). The SMILES string of the molecule is O=c1c2cn[nH]c2c2ccc(-c3ccc(N4CCOCC4)cc3)cc2n1CC(F)(F)F. The molecule has 0 atom stereocenters. The van der Waals surface area contributed by atoms with Gasteiger partial charge in [0.1, 0.15) is 6.54 Å². The van der Waals surface area contributed by atoms with E-state index in [0.29, 0.717) is 24.1 Å². The van der Waals surface area contributed by atoms with Crippen LogP contribution in [0.5, 0.6) is 0 Å². The van der Waals surface area contributed by atoms with Crippen LogP contribution in [0.4, 0.5) is 18.9 Å². The van der Waals surface area contributed by atoms with Crippen molar-refractivity contribution in [2.45, 2.75) is 12.7 Å². The number of rotatable bonds is 3. The average molecular weight is 428 g/mol. The molecular formula is C22H19F3N4O2. The molecule has 0 bridgehead atoms. The molecule has 1 N–H and O–H groups in total. The Morgan fingerprint density at radius 2 is 1.71 bits per heavy atom. The molecule has 3 heterocycles. The van der Waals surface area contributed by atoms with E-state index in [1.165, 1.54) is 6.20 Å². The summed E-state index contributed by atoms with van der Waals surface area (Å²) in [6.45, 7) is 1.65. The minimum atomic E-state index is -4.52. The van der Waals surface area contributed by atoms with Gasteiger partial charge in [0.15, 0.2) is 0 Å². The molecule has 0 radical (unpaired) electrons. The lowest BCUT2D eigenvalue weighted by Crippen LogP contribution is -2.36. The van der Waals surface area contributed by atoms with Gasteiger partial charge in [-0.1, -0.05) is 24.3 Å². The quantitative estimate of drug-likeness (QED) is 0.537. The number of fused-ring (bicyclic) bond motifs is 3. The van der Waals surface area contributed by atoms with Gasteiger partial charge in [-0.25, -0.2) is 0 Å². The number of aromatic nitrogens is 3. The number of nitrogens with one attached hydrogen (secondary N) is 1. The molecule has 0 unspecified atom stereocenters. The number of ether oxygens (including phenoxy) is 1. The second kappa shape index (κ2) is 7.42. The summed E-state index contributed by atoms with van der Waals surface area (Å²) < 4.78 is 45.8. The van der Waals surface area contributed by atoms with Crippen LogP contribution < -0.4 is 10.5 Å². The molecule has 6 nitrogen and oxygen atoms in total. The third-order valence-electron chi connectivity index (χ3n) is 5.59. The number of morpholine rings is 1. The van der Waals surface area contributed by atoms with Crippen LogP contribution in [0, 0.1) is 0 Å². The van der Waals surface area contributed by atoms with E-state index in [-0.39, 0.29) is 10.9 Å². The predicted octanol–water partition coefficient (Wildman–Crippen LogP) is 3.94. The largest absolute Gasteiger partial charge is 0.406 e. The fourth-order valence-corrected chi connectivity index (χ4v) is 4.08. The third kappa shape index (κ3) is 3.65. The lowest BCUT2D eigenvalue weighted by atomic mass is 10.0. The third-order valence-corrected chi connectivity index (χ3v) is 5.59. The maximum absolute atomic E-state index is 13.2. The maximum Gasteiger partial charge on any atom is 0.406 e. The topological polar surface area (TPSA) is 63.1 Å². The van der Waals surface area contributed by atoms with E-state index in [9.17, 15) is 18.0 Å². The van der Waals surface area contributed by atoms with Gasteiger partial charge < -0.3 is 9.64 Å². The molecule has 0 amide bonds. The maximum atomic E-state index is 13.2. The summed E-state index contributed by atoms with van der Waals surface area (Å²) in [6, 6.07) is 13.1. The van der Waals surface area contributed by atoms with Crippen molar-refractivity contribution in [1.29, 1.82) is 0 Å². The second-order valence-corrected chi connectivity index (χ2v) is 7.54. The Labute approximate surface area is 174 Å². The fraction of sp³-hybridized carbons (Fsp3) is 0.273. The predicted molar refractivity (Wildman–Crippen MR) is 112 cm³/mol. The number of alkyl halides is 3. The zero-order valence-electron chi connectivity index (χ0n) is 16.4. The van der Waals surface area contributed by atoms with E-state index < -0.39 is 18.3 Å². The highest BCUT2D eigenvalue weighted by Crippen LogP contribution is 2.30. The smallest absolute Gasteiger partial charge is 0.378 e. The van der Waals surface area contributed by atoms with E-state index >= 15 is 0 Å². The Morgan fingerprint density at radius 3 is 2.42 bits per heavy atom. The van der Waals surface area contributed by atoms with Gasteiger partial charge in [0.05, 0.1) is 35.8 Å². The van der Waals surface area contributed by atoms with Crippen molar-refractivity contribution >= 4 is 27.5 Å². The number of aromatic amines is 1. The first kappa shape index (κ1) is 19.6. The summed E-state index contributed by atoms with van der Waals surface area (Å²) in [5.41, 5.74) is 2.60. The molecule has 0 saturated carbocycles. The highest BCUT2D eigenvalue weighted by molar-refractivity contribution is 6.04. The molecule has 0 spiro atoms. The molecule has 31 heavy (non-hydrogen) atoms. The lowest BCUT2D eigenvalue weighted by molar-refractivity contribution is -0.140. The summed E-state index contributed by atoms with van der Waals surface area (Å²) in [5.74, 6) is 0. The number of H-pyrrole nitrogens is 1. The molecule has 2 aromatic heterocycles. The lowest BCUT2D eigenvalue weighted by Gasteiger charge is -2.28. The van der Waals surface area contributed by atoms with Crippen LogP contribution in [0.1, 0.15) is 0 Å². The molecule has 1 fully saturated rings. The highest BCUT2D eigenvalue weighted by Gasteiger charge is 2.30. The van der Waals surface area contributed by atoms with Gasteiger partial charge in [-0.05, 0) is 29.3 Å². The van der Waals surface area contributed by atoms with Crippen molar-refractivity contribution in [3.8, 4) is 11.1 Å². The van der Waals surface area contributed by atoms with Crippen LogP contribution >= 0.6 is 0 Å². The first-order chi connectivity index (χ1) is 14.9. The number of halogens is 3. The van der Waals surface area contributed by atoms with Gasteiger partial charge in [-0.2, -0.15) is 18.3 Å². The van der Waals surface area contributed by atoms with Gasteiger partial charge in [0.25, 0.3) is 5.56 Å². The summed E-state index contributed by atoms with van der Waals surface area (Å²) in [7, 11) is 0. The van der Waals surface area contributed by atoms with Crippen LogP contribution in [-0.2, 0) is 11.3 Å². The molecule has 160 valence electrons. The van der Waals surface area contributed by atoms with E-state index in [0.717, 1.165) is 34.5 Å². The molecule has 9 heteroatoms. The Balaban J connectivity index is 1.61. The number of anilines is 1. The zero-order valence-corrected chi connectivity index (χ0v) is 16.4. The molecule has 1 aliphatic rings. The molecule has 2 aromatic carbocycles. The Bertz CT molecular complexity index is 1300. The summed E-state index contributed by atoms with van der Waals surface area (Å²) >= 11 is 0. The summed E-state index contributed by atoms with van der Waals surface area (Å²) in [6.07, 6.45) is -3.26. The fourth-order valence-electron chi connectivity index (χ4n) is 4.08. The second-order valence-electron chi connectivity index (χ2n) is 7.54. The van der Waals surface area contributed by atoms with Gasteiger partial charge in [-0.15, -0.1) is 0 Å². The van der Waals surface area contributed by atoms with Crippen LogP contribution in [0.15, 0.2) is 53.5 Å². The zero-order chi connectivity index (χ0) is 21.6. The van der Waals surface area contributed by atoms with Crippen LogP contribution in [0.25, 0.3) is 32.9 Å². The van der Waals surface area contributed by atoms with Gasteiger partial charge in [-0.3, -0.25) is 14.5 Å². The summed E-state index contributed by atoms with van der Waals surface area (Å²) in [5, 5.41) is 7.24. The van der Waals surface area contributed by atoms with Crippen LogP contribution in [-0.4, -0.2) is 47.2 Å². The van der Waals surface area contributed by atoms with Crippen molar-refractivity contribution in [3.63, 3.8) is 0 Å². The molecule has 1 aliphatic heterocycles. The number of hydrogen-bond acceptors (Lipinski definition) is 4. The average Bonchev–Trinajstić information content (AvgIpc) is 3.27. The molecule has 1 saturated heterocycles. The van der Waals surface area contributed by atoms with Crippen molar-refractivity contribution in [1.82, 2.24) is 14.8 Å². The Kier molecular flexibility index (Phi) is 4.70. The monoisotopic (exact) mass is 428 g/mol. The van der Waals surface area contributed by atoms with Crippen LogP contribution in [0.2, 0.25) is 0 Å². The normalized spacial score (nSPS) is 15.1. The minimum Gasteiger partial charge on any atom is -0.378 e. The van der Waals surface area contributed by atoms with E-state index in [1.807, 2.05) is 30.3 Å².